The molecule has 0 fully saturated rings. The predicted molar refractivity (Wildman–Crippen MR) is 81.7 cm³/mol. The lowest BCUT2D eigenvalue weighted by Gasteiger charge is -2.18. The topological polar surface area (TPSA) is 68.3 Å². The van der Waals surface area contributed by atoms with Crippen LogP contribution in [0.1, 0.15) is 5.56 Å². The Morgan fingerprint density at radius 2 is 2.05 bits per heavy atom. The van der Waals surface area contributed by atoms with Gasteiger partial charge in [0.15, 0.2) is 0 Å². The van der Waals surface area contributed by atoms with Crippen LogP contribution in [0.2, 0.25) is 5.02 Å². The minimum Gasteiger partial charge on any atom is -0.487 e. The Balaban J connectivity index is 1.91. The molecule has 21 heavy (non-hydrogen) atoms. The van der Waals surface area contributed by atoms with E-state index in [0.29, 0.717) is 10.8 Å². The molecule has 0 aliphatic carbocycles. The monoisotopic (exact) mass is 322 g/mol. The number of pyridine rings is 1. The Kier molecular flexibility index (Phi) is 3.57. The summed E-state index contributed by atoms with van der Waals surface area (Å²) in [6.45, 7) is -0.0209. The number of nitrogens with one attached hydrogen (secondary N) is 1. The second kappa shape index (κ2) is 5.38. The van der Waals surface area contributed by atoms with Crippen molar-refractivity contribution in [2.45, 2.75) is 0 Å². The molecule has 0 saturated heterocycles. The zero-order chi connectivity index (χ0) is 14.9. The van der Waals surface area contributed by atoms with Crippen molar-refractivity contribution < 1.29 is 13.2 Å². The third-order valence-electron chi connectivity index (χ3n) is 2.91. The molecule has 0 saturated carbocycles. The van der Waals surface area contributed by atoms with Crippen LogP contribution in [-0.4, -0.2) is 20.0 Å². The van der Waals surface area contributed by atoms with Crippen LogP contribution >= 0.6 is 11.6 Å². The van der Waals surface area contributed by atoms with Gasteiger partial charge in [0.2, 0.25) is 0 Å². The van der Waals surface area contributed by atoms with Crippen LogP contribution in [0.5, 0.6) is 5.75 Å². The molecule has 1 aliphatic rings. The number of halogens is 1. The van der Waals surface area contributed by atoms with Crippen molar-refractivity contribution in [1.82, 2.24) is 4.98 Å². The van der Waals surface area contributed by atoms with Crippen molar-refractivity contribution in [3.8, 4) is 5.75 Å². The van der Waals surface area contributed by atoms with Crippen molar-refractivity contribution in [1.29, 1.82) is 0 Å². The highest BCUT2D eigenvalue weighted by molar-refractivity contribution is 7.96. The smallest absolute Gasteiger partial charge is 0.262 e. The van der Waals surface area contributed by atoms with Crippen molar-refractivity contribution in [3.63, 3.8) is 0 Å². The van der Waals surface area contributed by atoms with Gasteiger partial charge in [-0.2, -0.15) is 0 Å². The van der Waals surface area contributed by atoms with Gasteiger partial charge in [0.1, 0.15) is 23.1 Å². The van der Waals surface area contributed by atoms with E-state index in [1.807, 2.05) is 12.1 Å². The number of fused-ring (bicyclic) bond motifs is 1. The van der Waals surface area contributed by atoms with Gasteiger partial charge in [-0.15, -0.1) is 0 Å². The fourth-order valence-electron chi connectivity index (χ4n) is 1.91. The van der Waals surface area contributed by atoms with E-state index in [4.69, 9.17) is 16.3 Å². The highest BCUT2D eigenvalue weighted by Crippen LogP contribution is 2.28. The number of rotatable bonds is 3. The summed E-state index contributed by atoms with van der Waals surface area (Å²) in [5, 5.41) is 0.405. The number of hydrogen-bond acceptors (Lipinski definition) is 4. The van der Waals surface area contributed by atoms with Gasteiger partial charge in [-0.25, -0.2) is 13.4 Å². The summed E-state index contributed by atoms with van der Waals surface area (Å²) in [4.78, 5) is 4.06. The number of nitrogens with zero attached hydrogens (tertiary/aromatic N) is 1. The van der Waals surface area contributed by atoms with E-state index < -0.39 is 10.0 Å². The van der Waals surface area contributed by atoms with Gasteiger partial charge in [-0.1, -0.05) is 29.8 Å². The first-order valence-corrected chi connectivity index (χ1v) is 7.97. The van der Waals surface area contributed by atoms with Gasteiger partial charge < -0.3 is 4.74 Å². The number of benzene rings is 1. The summed E-state index contributed by atoms with van der Waals surface area (Å²) < 4.78 is 32.5. The average Bonchev–Trinajstić information content (AvgIpc) is 2.46. The fraction of sp³-hybridized carbons (Fsp3) is 0.0714. The standard InChI is InChI=1S/C14H11ClN2O3S/c15-11-5-6-16-14(8-11)17-21(18,19)12-7-10-3-1-2-4-13(10)20-9-12/h1-8H,9H2,(H,16,17). The van der Waals surface area contributed by atoms with Gasteiger partial charge in [-0.05, 0) is 18.2 Å². The molecule has 2 aromatic rings. The largest absolute Gasteiger partial charge is 0.487 e. The van der Waals surface area contributed by atoms with Crippen LogP contribution < -0.4 is 9.46 Å². The number of ether oxygens (including phenoxy) is 1. The van der Waals surface area contributed by atoms with Gasteiger partial charge in [-0.3, -0.25) is 4.72 Å². The molecule has 1 N–H and O–H groups in total. The summed E-state index contributed by atoms with van der Waals surface area (Å²) in [7, 11) is -3.73. The van der Waals surface area contributed by atoms with Crippen LogP contribution in [0.15, 0.2) is 47.5 Å². The van der Waals surface area contributed by atoms with Crippen molar-refractivity contribution >= 4 is 33.5 Å². The van der Waals surface area contributed by atoms with Crippen LogP contribution in [0.3, 0.4) is 0 Å². The summed E-state index contributed by atoms with van der Waals surface area (Å²) in [5.74, 6) is 0.833. The van der Waals surface area contributed by atoms with Crippen molar-refractivity contribution in [2.75, 3.05) is 11.3 Å². The quantitative estimate of drug-likeness (QED) is 0.943. The normalized spacial score (nSPS) is 13.9. The first-order chi connectivity index (χ1) is 10.0. The molecule has 7 heteroatoms. The Morgan fingerprint density at radius 3 is 2.86 bits per heavy atom. The minimum atomic E-state index is -3.73. The Hall–Kier alpha value is -2.05. The second-order valence-electron chi connectivity index (χ2n) is 4.40. The summed E-state index contributed by atoms with van der Waals surface area (Å²) in [6, 6.07) is 10.2. The molecule has 0 bridgehead atoms. The minimum absolute atomic E-state index is 0.0209. The van der Waals surface area contributed by atoms with Gasteiger partial charge in [0.05, 0.1) is 0 Å². The third kappa shape index (κ3) is 3.01. The molecule has 1 aromatic carbocycles. The Labute approximate surface area is 127 Å². The van der Waals surface area contributed by atoms with E-state index >= 15 is 0 Å². The molecule has 2 heterocycles. The lowest BCUT2D eigenvalue weighted by atomic mass is 10.1. The first-order valence-electron chi connectivity index (χ1n) is 6.11. The van der Waals surface area contributed by atoms with Crippen molar-refractivity contribution in [3.05, 3.63) is 58.1 Å². The molecule has 5 nitrogen and oxygen atoms in total. The molecule has 1 aliphatic heterocycles. The predicted octanol–water partition coefficient (Wildman–Crippen LogP) is 2.91. The van der Waals surface area contributed by atoms with Gasteiger partial charge in [0, 0.05) is 22.8 Å². The SMILES string of the molecule is O=S(=O)(Nc1cc(Cl)ccn1)C1=Cc2ccccc2OC1. The van der Waals surface area contributed by atoms with E-state index in [2.05, 4.69) is 9.71 Å². The Bertz CT molecular complexity index is 818. The molecule has 0 amide bonds. The van der Waals surface area contributed by atoms with E-state index in [1.165, 1.54) is 12.3 Å². The summed E-state index contributed by atoms with van der Waals surface area (Å²) >= 11 is 5.81. The summed E-state index contributed by atoms with van der Waals surface area (Å²) in [6.07, 6.45) is 3.02. The molecule has 0 atom stereocenters. The molecule has 3 rings (SSSR count). The number of sulfonamides is 1. The van der Waals surface area contributed by atoms with E-state index in [9.17, 15) is 8.42 Å². The van der Waals surface area contributed by atoms with E-state index in [0.717, 1.165) is 5.56 Å². The number of hydrogen-bond donors (Lipinski definition) is 1. The average molecular weight is 323 g/mol. The number of anilines is 1. The maximum atomic E-state index is 12.3. The van der Waals surface area contributed by atoms with Crippen LogP contribution in [0, 0.1) is 0 Å². The maximum Gasteiger partial charge on any atom is 0.262 e. The van der Waals surface area contributed by atoms with Gasteiger partial charge >= 0.3 is 0 Å². The fourth-order valence-corrected chi connectivity index (χ4v) is 3.09. The zero-order valence-corrected chi connectivity index (χ0v) is 12.4. The highest BCUT2D eigenvalue weighted by atomic mass is 35.5. The molecule has 0 spiro atoms. The molecule has 0 unspecified atom stereocenters. The molecule has 0 radical (unpaired) electrons. The van der Waals surface area contributed by atoms with Crippen LogP contribution in [0.4, 0.5) is 5.82 Å². The lowest BCUT2D eigenvalue weighted by Crippen LogP contribution is -2.21. The zero-order valence-electron chi connectivity index (χ0n) is 10.8. The maximum absolute atomic E-state index is 12.3. The molecular formula is C14H11ClN2O3S. The number of aromatic nitrogens is 1. The Morgan fingerprint density at radius 1 is 1.24 bits per heavy atom. The number of para-hydroxylation sites is 1. The second-order valence-corrected chi connectivity index (χ2v) is 6.57. The molecule has 1 aromatic heterocycles. The summed E-state index contributed by atoms with van der Waals surface area (Å²) in [5.41, 5.74) is 0.725. The third-order valence-corrected chi connectivity index (χ3v) is 4.55. The van der Waals surface area contributed by atoms with E-state index in [-0.39, 0.29) is 17.3 Å². The lowest BCUT2D eigenvalue weighted by molar-refractivity contribution is 0.353. The molecule has 108 valence electrons. The van der Waals surface area contributed by atoms with Crippen LogP contribution in [-0.2, 0) is 10.0 Å². The van der Waals surface area contributed by atoms with Gasteiger partial charge in [0.25, 0.3) is 10.0 Å². The van der Waals surface area contributed by atoms with Crippen LogP contribution in [0.25, 0.3) is 6.08 Å². The first kappa shape index (κ1) is 13.9. The van der Waals surface area contributed by atoms with E-state index in [1.54, 1.807) is 24.3 Å². The van der Waals surface area contributed by atoms with Crippen molar-refractivity contribution in [2.24, 2.45) is 0 Å². The highest BCUT2D eigenvalue weighted by Gasteiger charge is 2.23. The molecular weight excluding hydrogens is 312 g/mol.